The molecular formula is C13H19F3N4OS. The van der Waals surface area contributed by atoms with Crippen molar-refractivity contribution in [2.24, 2.45) is 5.92 Å². The Balaban J connectivity index is 2.06. The van der Waals surface area contributed by atoms with Crippen molar-refractivity contribution in [3.05, 3.63) is 10.6 Å². The molecule has 5 nitrogen and oxygen atoms in total. The van der Waals surface area contributed by atoms with Crippen molar-refractivity contribution in [2.45, 2.75) is 45.3 Å². The topological polar surface area (TPSA) is 53.9 Å². The Hall–Kier alpha value is -1.38. The first-order valence-corrected chi connectivity index (χ1v) is 7.72. The molecule has 1 aromatic rings. The molecule has 0 aliphatic carbocycles. The van der Waals surface area contributed by atoms with Gasteiger partial charge in [0.25, 0.3) is 0 Å². The third-order valence-electron chi connectivity index (χ3n) is 3.84. The number of piperidine rings is 1. The highest BCUT2D eigenvalue weighted by atomic mass is 32.1. The molecule has 0 aromatic carbocycles. The number of nitrogens with zero attached hydrogens (tertiary/aromatic N) is 3. The first-order valence-electron chi connectivity index (χ1n) is 7.31. The zero-order chi connectivity index (χ0) is 16.3. The lowest BCUT2D eigenvalue weighted by molar-refractivity contribution is -0.188. The van der Waals surface area contributed by atoms with Gasteiger partial charge in [-0.05, 0) is 31.5 Å². The second kappa shape index (κ2) is 6.80. The number of carbonyl (C=O) groups excluding carboxylic acids is 1. The molecule has 0 radical (unpaired) electrons. The van der Waals surface area contributed by atoms with Gasteiger partial charge in [0.2, 0.25) is 5.91 Å². The summed E-state index contributed by atoms with van der Waals surface area (Å²) in [6.45, 7) is 2.01. The maximum absolute atomic E-state index is 12.8. The minimum atomic E-state index is -4.25. The number of aromatic amines is 1. The Morgan fingerprint density at radius 3 is 2.86 bits per heavy atom. The van der Waals surface area contributed by atoms with Crippen molar-refractivity contribution in [3.8, 4) is 0 Å². The van der Waals surface area contributed by atoms with Crippen molar-refractivity contribution in [2.75, 3.05) is 13.1 Å². The van der Waals surface area contributed by atoms with Crippen LogP contribution in [0.15, 0.2) is 0 Å². The van der Waals surface area contributed by atoms with E-state index in [2.05, 4.69) is 10.2 Å². The van der Waals surface area contributed by atoms with E-state index in [-0.39, 0.29) is 25.4 Å². The Morgan fingerprint density at radius 2 is 2.23 bits per heavy atom. The van der Waals surface area contributed by atoms with Gasteiger partial charge in [0.1, 0.15) is 12.4 Å². The highest BCUT2D eigenvalue weighted by molar-refractivity contribution is 7.71. The second-order valence-corrected chi connectivity index (χ2v) is 5.89. The third-order valence-corrected chi connectivity index (χ3v) is 4.15. The van der Waals surface area contributed by atoms with Gasteiger partial charge in [0, 0.05) is 19.5 Å². The Labute approximate surface area is 131 Å². The Bertz CT molecular complexity index is 581. The van der Waals surface area contributed by atoms with Crippen LogP contribution in [-0.2, 0) is 17.8 Å². The van der Waals surface area contributed by atoms with Crippen LogP contribution in [0.25, 0.3) is 0 Å². The average molecular weight is 336 g/mol. The van der Waals surface area contributed by atoms with Gasteiger partial charge in [-0.1, -0.05) is 6.92 Å². The number of alkyl halides is 3. The predicted octanol–water partition coefficient (Wildman–Crippen LogP) is 2.69. The summed E-state index contributed by atoms with van der Waals surface area (Å²) < 4.78 is 40.3. The number of aromatic nitrogens is 3. The molecule has 1 aliphatic heterocycles. The SMILES string of the molecule is CCCc1n[nH]c(=S)n1CC(=O)N1CCCC(C(F)(F)F)C1. The van der Waals surface area contributed by atoms with E-state index < -0.39 is 12.1 Å². The Morgan fingerprint density at radius 1 is 1.50 bits per heavy atom. The number of amides is 1. The molecule has 1 aliphatic rings. The molecule has 1 aromatic heterocycles. The van der Waals surface area contributed by atoms with E-state index in [1.165, 1.54) is 4.90 Å². The molecule has 1 unspecified atom stereocenters. The van der Waals surface area contributed by atoms with Crippen LogP contribution in [0.5, 0.6) is 0 Å². The van der Waals surface area contributed by atoms with Gasteiger partial charge in [-0.25, -0.2) is 0 Å². The van der Waals surface area contributed by atoms with Gasteiger partial charge in [0.05, 0.1) is 5.92 Å². The van der Waals surface area contributed by atoms with Crippen molar-refractivity contribution in [1.29, 1.82) is 0 Å². The van der Waals surface area contributed by atoms with Gasteiger partial charge < -0.3 is 4.90 Å². The molecule has 22 heavy (non-hydrogen) atoms. The average Bonchev–Trinajstić information content (AvgIpc) is 2.80. The standard InChI is InChI=1S/C13H19F3N4OS/c1-2-4-10-17-18-12(22)20(10)8-11(21)19-6-3-5-9(7-19)13(14,15)16/h9H,2-8H2,1H3,(H,18,22). The lowest BCUT2D eigenvalue weighted by atomic mass is 9.97. The molecule has 2 rings (SSSR count). The van der Waals surface area contributed by atoms with Crippen molar-refractivity contribution >= 4 is 18.1 Å². The van der Waals surface area contributed by atoms with Gasteiger partial charge in [0.15, 0.2) is 4.77 Å². The molecule has 0 bridgehead atoms. The number of nitrogens with one attached hydrogen (secondary N) is 1. The van der Waals surface area contributed by atoms with Crippen LogP contribution >= 0.6 is 12.2 Å². The maximum Gasteiger partial charge on any atom is 0.393 e. The second-order valence-electron chi connectivity index (χ2n) is 5.50. The minimum absolute atomic E-state index is 0.0603. The first-order chi connectivity index (χ1) is 10.3. The predicted molar refractivity (Wildman–Crippen MR) is 76.8 cm³/mol. The summed E-state index contributed by atoms with van der Waals surface area (Å²) in [4.78, 5) is 13.6. The number of hydrogen-bond donors (Lipinski definition) is 1. The molecule has 2 heterocycles. The summed E-state index contributed by atoms with van der Waals surface area (Å²) in [6, 6.07) is 0. The molecule has 0 saturated carbocycles. The Kier molecular flexibility index (Phi) is 5.25. The fourth-order valence-corrected chi connectivity index (χ4v) is 2.85. The molecule has 1 amide bonds. The molecule has 1 N–H and O–H groups in total. The molecule has 1 atom stereocenters. The van der Waals surface area contributed by atoms with Gasteiger partial charge in [-0.2, -0.15) is 18.3 Å². The normalized spacial score (nSPS) is 19.5. The largest absolute Gasteiger partial charge is 0.393 e. The summed E-state index contributed by atoms with van der Waals surface area (Å²) in [5.41, 5.74) is 0. The van der Waals surface area contributed by atoms with Crippen LogP contribution in [0, 0.1) is 10.7 Å². The molecule has 124 valence electrons. The van der Waals surface area contributed by atoms with E-state index in [0.717, 1.165) is 6.42 Å². The quantitative estimate of drug-likeness (QED) is 0.860. The van der Waals surface area contributed by atoms with Crippen LogP contribution in [0.2, 0.25) is 0 Å². The minimum Gasteiger partial charge on any atom is -0.341 e. The van der Waals surface area contributed by atoms with E-state index in [4.69, 9.17) is 12.2 Å². The van der Waals surface area contributed by atoms with Crippen LogP contribution < -0.4 is 0 Å². The third kappa shape index (κ3) is 3.88. The first kappa shape index (κ1) is 17.0. The summed E-state index contributed by atoms with van der Waals surface area (Å²) in [5, 5.41) is 6.68. The zero-order valence-corrected chi connectivity index (χ0v) is 13.1. The van der Waals surface area contributed by atoms with Crippen molar-refractivity contribution < 1.29 is 18.0 Å². The lowest BCUT2D eigenvalue weighted by Crippen LogP contribution is -2.45. The summed E-state index contributed by atoms with van der Waals surface area (Å²) in [5.74, 6) is -1.12. The van der Waals surface area contributed by atoms with Crippen molar-refractivity contribution in [3.63, 3.8) is 0 Å². The number of rotatable bonds is 4. The lowest BCUT2D eigenvalue weighted by Gasteiger charge is -2.33. The van der Waals surface area contributed by atoms with Crippen LogP contribution in [0.4, 0.5) is 13.2 Å². The maximum atomic E-state index is 12.8. The van der Waals surface area contributed by atoms with E-state index in [9.17, 15) is 18.0 Å². The molecule has 0 spiro atoms. The van der Waals surface area contributed by atoms with Crippen LogP contribution in [-0.4, -0.2) is 44.8 Å². The number of carbonyl (C=O) groups is 1. The van der Waals surface area contributed by atoms with Gasteiger partial charge in [-0.3, -0.25) is 14.5 Å². The highest BCUT2D eigenvalue weighted by Gasteiger charge is 2.42. The number of H-pyrrole nitrogens is 1. The molecular weight excluding hydrogens is 317 g/mol. The van der Waals surface area contributed by atoms with Crippen LogP contribution in [0.1, 0.15) is 32.0 Å². The fourth-order valence-electron chi connectivity index (χ4n) is 2.63. The molecule has 1 fully saturated rings. The summed E-state index contributed by atoms with van der Waals surface area (Å²) in [6.07, 6.45) is -2.30. The van der Waals surface area contributed by atoms with Crippen LogP contribution in [0.3, 0.4) is 0 Å². The van der Waals surface area contributed by atoms with E-state index in [0.29, 0.717) is 30.0 Å². The van der Waals surface area contributed by atoms with E-state index >= 15 is 0 Å². The monoisotopic (exact) mass is 336 g/mol. The highest BCUT2D eigenvalue weighted by Crippen LogP contribution is 2.33. The van der Waals surface area contributed by atoms with Crippen molar-refractivity contribution in [1.82, 2.24) is 19.7 Å². The molecule has 9 heteroatoms. The van der Waals surface area contributed by atoms with Gasteiger partial charge in [-0.15, -0.1) is 0 Å². The van der Waals surface area contributed by atoms with E-state index in [1.54, 1.807) is 4.57 Å². The van der Waals surface area contributed by atoms with E-state index in [1.807, 2.05) is 6.92 Å². The number of aryl methyl sites for hydroxylation is 1. The smallest absolute Gasteiger partial charge is 0.341 e. The summed E-state index contributed by atoms with van der Waals surface area (Å²) in [7, 11) is 0. The number of hydrogen-bond acceptors (Lipinski definition) is 3. The zero-order valence-electron chi connectivity index (χ0n) is 12.3. The summed E-state index contributed by atoms with van der Waals surface area (Å²) >= 11 is 5.08. The fraction of sp³-hybridized carbons (Fsp3) is 0.769. The molecule has 1 saturated heterocycles. The number of halogens is 3. The number of likely N-dealkylation sites (tertiary alicyclic amines) is 1. The van der Waals surface area contributed by atoms with Gasteiger partial charge >= 0.3 is 6.18 Å².